The molecule has 0 aromatic heterocycles. The molecule has 1 aromatic carbocycles. The van der Waals surface area contributed by atoms with Crippen LogP contribution in [0.4, 0.5) is 0 Å². The van der Waals surface area contributed by atoms with Gasteiger partial charge in [0.25, 0.3) is 0 Å². The van der Waals surface area contributed by atoms with Crippen LogP contribution in [0.15, 0.2) is 36.9 Å². The van der Waals surface area contributed by atoms with Gasteiger partial charge in [0.2, 0.25) is 11.8 Å². The molecule has 0 heterocycles. The summed E-state index contributed by atoms with van der Waals surface area (Å²) in [6.45, 7) is 6.53. The van der Waals surface area contributed by atoms with Crippen LogP contribution >= 0.6 is 0 Å². The third kappa shape index (κ3) is 3.47. The van der Waals surface area contributed by atoms with E-state index in [1.165, 1.54) is 0 Å². The molecule has 0 spiro atoms. The highest BCUT2D eigenvalue weighted by Gasteiger charge is 2.47. The van der Waals surface area contributed by atoms with E-state index in [0.717, 1.165) is 11.1 Å². The predicted molar refractivity (Wildman–Crippen MR) is 77.8 cm³/mol. The van der Waals surface area contributed by atoms with E-state index in [9.17, 15) is 9.59 Å². The lowest BCUT2D eigenvalue weighted by atomic mass is 10.1. The van der Waals surface area contributed by atoms with E-state index in [4.69, 9.17) is 0 Å². The molecule has 0 aliphatic heterocycles. The van der Waals surface area contributed by atoms with Gasteiger partial charge in [0, 0.05) is 13.1 Å². The van der Waals surface area contributed by atoms with Gasteiger partial charge in [-0.15, -0.1) is 6.58 Å². The molecule has 1 saturated carbocycles. The van der Waals surface area contributed by atoms with Gasteiger partial charge in [-0.2, -0.15) is 0 Å². The van der Waals surface area contributed by atoms with E-state index in [2.05, 4.69) is 17.2 Å². The van der Waals surface area contributed by atoms with Gasteiger partial charge in [0.05, 0.1) is 11.8 Å². The van der Waals surface area contributed by atoms with Crippen LogP contribution < -0.4 is 10.6 Å². The first kappa shape index (κ1) is 14.3. The predicted octanol–water partition coefficient (Wildman–Crippen LogP) is 1.55. The van der Waals surface area contributed by atoms with Crippen LogP contribution in [0.5, 0.6) is 0 Å². The minimum atomic E-state index is -0.177. The van der Waals surface area contributed by atoms with E-state index in [0.29, 0.717) is 19.5 Å². The maximum atomic E-state index is 12.0. The molecule has 2 amide bonds. The van der Waals surface area contributed by atoms with E-state index in [1.54, 1.807) is 6.08 Å². The molecule has 2 N–H and O–H groups in total. The fourth-order valence-corrected chi connectivity index (χ4v) is 2.20. The fraction of sp³-hybridized carbons (Fsp3) is 0.375. The number of nitrogens with one attached hydrogen (secondary N) is 2. The van der Waals surface area contributed by atoms with Crippen LogP contribution in [-0.2, 0) is 16.1 Å². The highest BCUT2D eigenvalue weighted by atomic mass is 16.2. The van der Waals surface area contributed by atoms with Crippen LogP contribution in [0.1, 0.15) is 17.5 Å². The number of amides is 2. The lowest BCUT2D eigenvalue weighted by molar-refractivity contribution is -0.127. The zero-order valence-electron chi connectivity index (χ0n) is 11.7. The van der Waals surface area contributed by atoms with Gasteiger partial charge in [-0.3, -0.25) is 9.59 Å². The summed E-state index contributed by atoms with van der Waals surface area (Å²) in [5.74, 6) is -0.441. The summed E-state index contributed by atoms with van der Waals surface area (Å²) in [7, 11) is 0. The summed E-state index contributed by atoms with van der Waals surface area (Å²) in [5.41, 5.74) is 2.26. The molecule has 0 bridgehead atoms. The molecule has 4 nitrogen and oxygen atoms in total. The van der Waals surface area contributed by atoms with Gasteiger partial charge in [0.15, 0.2) is 0 Å². The van der Waals surface area contributed by atoms with Gasteiger partial charge in [0.1, 0.15) is 0 Å². The second-order valence-electron chi connectivity index (χ2n) is 5.13. The van der Waals surface area contributed by atoms with Crippen molar-refractivity contribution in [1.82, 2.24) is 10.6 Å². The van der Waals surface area contributed by atoms with Crippen molar-refractivity contribution >= 4 is 11.8 Å². The molecular formula is C16H20N2O2. The third-order valence-electron chi connectivity index (χ3n) is 3.60. The van der Waals surface area contributed by atoms with Crippen molar-refractivity contribution in [2.24, 2.45) is 11.8 Å². The Morgan fingerprint density at radius 3 is 2.55 bits per heavy atom. The largest absolute Gasteiger partial charge is 0.352 e. The number of benzene rings is 1. The van der Waals surface area contributed by atoms with Crippen LogP contribution in [0.25, 0.3) is 0 Å². The summed E-state index contributed by atoms with van der Waals surface area (Å²) in [6.07, 6.45) is 2.27. The lowest BCUT2D eigenvalue weighted by Gasteiger charge is -2.07. The SMILES string of the molecule is C=CCNC(=O)C1CC1C(=O)NCc1ccccc1C. The summed E-state index contributed by atoms with van der Waals surface area (Å²) in [6, 6.07) is 7.94. The first-order valence-electron chi connectivity index (χ1n) is 6.84. The third-order valence-corrected chi connectivity index (χ3v) is 3.60. The maximum Gasteiger partial charge on any atom is 0.224 e. The van der Waals surface area contributed by atoms with Crippen molar-refractivity contribution < 1.29 is 9.59 Å². The van der Waals surface area contributed by atoms with E-state index in [1.807, 2.05) is 31.2 Å². The number of hydrogen-bond donors (Lipinski definition) is 2. The summed E-state index contributed by atoms with van der Waals surface area (Å²) in [4.78, 5) is 23.6. The number of aryl methyl sites for hydroxylation is 1. The maximum absolute atomic E-state index is 12.0. The van der Waals surface area contributed by atoms with Crippen molar-refractivity contribution in [3.8, 4) is 0 Å². The zero-order chi connectivity index (χ0) is 14.5. The number of hydrogen-bond acceptors (Lipinski definition) is 2. The van der Waals surface area contributed by atoms with Crippen LogP contribution in [0.2, 0.25) is 0 Å². The fourth-order valence-electron chi connectivity index (χ4n) is 2.20. The molecule has 1 aliphatic carbocycles. The van der Waals surface area contributed by atoms with Crippen molar-refractivity contribution in [1.29, 1.82) is 0 Å². The van der Waals surface area contributed by atoms with Crippen LogP contribution in [0.3, 0.4) is 0 Å². The lowest BCUT2D eigenvalue weighted by Crippen LogP contribution is -2.30. The second-order valence-corrected chi connectivity index (χ2v) is 5.13. The van der Waals surface area contributed by atoms with Gasteiger partial charge >= 0.3 is 0 Å². The van der Waals surface area contributed by atoms with E-state index >= 15 is 0 Å². The minimum absolute atomic E-state index is 0.0352. The molecule has 2 rings (SSSR count). The van der Waals surface area contributed by atoms with Crippen molar-refractivity contribution in [3.63, 3.8) is 0 Å². The molecule has 0 saturated heterocycles. The highest BCUT2D eigenvalue weighted by molar-refractivity contribution is 5.92. The smallest absolute Gasteiger partial charge is 0.224 e. The topological polar surface area (TPSA) is 58.2 Å². The van der Waals surface area contributed by atoms with Gasteiger partial charge in [-0.25, -0.2) is 0 Å². The van der Waals surface area contributed by atoms with Gasteiger partial charge in [-0.1, -0.05) is 30.3 Å². The Kier molecular flexibility index (Phi) is 4.56. The van der Waals surface area contributed by atoms with E-state index in [-0.39, 0.29) is 23.7 Å². The van der Waals surface area contributed by atoms with Gasteiger partial charge in [-0.05, 0) is 24.5 Å². The van der Waals surface area contributed by atoms with Crippen LogP contribution in [-0.4, -0.2) is 18.4 Å². The molecule has 20 heavy (non-hydrogen) atoms. The van der Waals surface area contributed by atoms with Crippen molar-refractivity contribution in [3.05, 3.63) is 48.0 Å². The summed E-state index contributed by atoms with van der Waals surface area (Å²) < 4.78 is 0. The second kappa shape index (κ2) is 6.37. The highest BCUT2D eigenvalue weighted by Crippen LogP contribution is 2.38. The Morgan fingerprint density at radius 1 is 1.25 bits per heavy atom. The summed E-state index contributed by atoms with van der Waals surface area (Å²) >= 11 is 0. The summed E-state index contributed by atoms with van der Waals surface area (Å²) in [5, 5.41) is 5.63. The van der Waals surface area contributed by atoms with Crippen molar-refractivity contribution in [2.75, 3.05) is 6.54 Å². The monoisotopic (exact) mass is 272 g/mol. The minimum Gasteiger partial charge on any atom is -0.352 e. The number of carbonyl (C=O) groups is 2. The zero-order valence-corrected chi connectivity index (χ0v) is 11.7. The molecule has 106 valence electrons. The Morgan fingerprint density at radius 2 is 1.90 bits per heavy atom. The van der Waals surface area contributed by atoms with E-state index < -0.39 is 0 Å². The number of rotatable bonds is 6. The first-order chi connectivity index (χ1) is 9.63. The Labute approximate surface area is 119 Å². The molecule has 1 fully saturated rings. The Hall–Kier alpha value is -2.10. The Balaban J connectivity index is 1.78. The Bertz CT molecular complexity index is 525. The van der Waals surface area contributed by atoms with Gasteiger partial charge < -0.3 is 10.6 Å². The molecule has 4 heteroatoms. The standard InChI is InChI=1S/C16H20N2O2/c1-3-8-17-15(19)13-9-14(13)16(20)18-10-12-7-5-4-6-11(12)2/h3-7,13-14H,1,8-10H2,2H3,(H,17,19)(H,18,20). The molecule has 2 unspecified atom stereocenters. The molecule has 1 aromatic rings. The average molecular weight is 272 g/mol. The molecule has 0 radical (unpaired) electrons. The molecule has 1 aliphatic rings. The normalized spacial score (nSPS) is 20.1. The first-order valence-corrected chi connectivity index (χ1v) is 6.84. The molecule has 2 atom stereocenters. The van der Waals surface area contributed by atoms with Crippen molar-refractivity contribution in [2.45, 2.75) is 19.9 Å². The quantitative estimate of drug-likeness (QED) is 0.772. The average Bonchev–Trinajstić information content (AvgIpc) is 3.24. The molecular weight excluding hydrogens is 252 g/mol. The number of carbonyl (C=O) groups excluding carboxylic acids is 2. The van der Waals surface area contributed by atoms with Crippen LogP contribution in [0, 0.1) is 18.8 Å².